The summed E-state index contributed by atoms with van der Waals surface area (Å²) in [5.74, 6) is -2.45. The molecule has 0 saturated carbocycles. The molecular weight excluding hydrogens is 301 g/mol. The second-order valence-electron chi connectivity index (χ2n) is 4.77. The summed E-state index contributed by atoms with van der Waals surface area (Å²) in [4.78, 5) is 10.8. The smallest absolute Gasteiger partial charge is 0.307 e. The van der Waals surface area contributed by atoms with Crippen molar-refractivity contribution in [3.05, 3.63) is 30.1 Å². The molecule has 1 heterocycles. The van der Waals surface area contributed by atoms with Crippen molar-refractivity contribution < 1.29 is 27.1 Å². The Labute approximate surface area is 120 Å². The fraction of sp³-hybridized carbons (Fsp3) is 0.308. The highest BCUT2D eigenvalue weighted by Gasteiger charge is 2.28. The van der Waals surface area contributed by atoms with E-state index in [0.29, 0.717) is 5.39 Å². The van der Waals surface area contributed by atoms with Crippen LogP contribution in [0, 0.1) is 11.7 Å². The summed E-state index contributed by atoms with van der Waals surface area (Å²) in [6.45, 7) is 1.21. The van der Waals surface area contributed by atoms with Gasteiger partial charge in [0.2, 0.25) is 5.09 Å². The number of carboxylic acids is 1. The van der Waals surface area contributed by atoms with Crippen molar-refractivity contribution >= 4 is 27.0 Å². The lowest BCUT2D eigenvalue weighted by Gasteiger charge is -2.17. The minimum absolute atomic E-state index is 0.191. The first kappa shape index (κ1) is 15.5. The Morgan fingerprint density at radius 1 is 1.43 bits per heavy atom. The molecule has 6 nitrogen and oxygen atoms in total. The standard InChI is InChI=1S/C13H14FNO5S/c1-8(13(16)17)7-15(2)21(18,19)12-6-9-5-10(14)3-4-11(9)20-12/h3-6,8H,7H2,1-2H3,(H,16,17). The van der Waals surface area contributed by atoms with Crippen LogP contribution < -0.4 is 0 Å². The first-order valence-corrected chi connectivity index (χ1v) is 7.54. The molecular formula is C13H14FNO5S. The molecule has 2 rings (SSSR count). The van der Waals surface area contributed by atoms with Gasteiger partial charge in [0.25, 0.3) is 10.0 Å². The van der Waals surface area contributed by atoms with E-state index in [1.807, 2.05) is 0 Å². The lowest BCUT2D eigenvalue weighted by molar-refractivity contribution is -0.141. The first-order valence-electron chi connectivity index (χ1n) is 6.10. The van der Waals surface area contributed by atoms with Gasteiger partial charge in [0.15, 0.2) is 0 Å². The Morgan fingerprint density at radius 3 is 2.71 bits per heavy atom. The van der Waals surface area contributed by atoms with E-state index in [4.69, 9.17) is 9.52 Å². The van der Waals surface area contributed by atoms with Gasteiger partial charge in [-0.05, 0) is 18.2 Å². The van der Waals surface area contributed by atoms with E-state index in [0.717, 1.165) is 10.4 Å². The quantitative estimate of drug-likeness (QED) is 0.910. The van der Waals surface area contributed by atoms with Crippen LogP contribution >= 0.6 is 0 Å². The van der Waals surface area contributed by atoms with Crippen molar-refractivity contribution in [2.45, 2.75) is 12.0 Å². The molecule has 0 aliphatic rings. The molecule has 114 valence electrons. The predicted octanol–water partition coefficient (Wildman–Crippen LogP) is 1.91. The number of hydrogen-bond acceptors (Lipinski definition) is 4. The van der Waals surface area contributed by atoms with Crippen LogP contribution in [0.4, 0.5) is 4.39 Å². The van der Waals surface area contributed by atoms with Crippen LogP contribution in [0.15, 0.2) is 33.8 Å². The number of sulfonamides is 1. The van der Waals surface area contributed by atoms with Gasteiger partial charge >= 0.3 is 5.97 Å². The van der Waals surface area contributed by atoms with E-state index in [2.05, 4.69) is 0 Å². The molecule has 1 unspecified atom stereocenters. The third-order valence-electron chi connectivity index (χ3n) is 3.07. The van der Waals surface area contributed by atoms with Crippen molar-refractivity contribution in [1.29, 1.82) is 0 Å². The molecule has 1 atom stereocenters. The minimum atomic E-state index is -3.96. The average Bonchev–Trinajstić information content (AvgIpc) is 2.81. The molecule has 0 fully saturated rings. The molecule has 0 aliphatic carbocycles. The predicted molar refractivity (Wildman–Crippen MR) is 72.8 cm³/mol. The van der Waals surface area contributed by atoms with Crippen LogP contribution in [0.25, 0.3) is 11.0 Å². The third kappa shape index (κ3) is 3.06. The Bertz CT molecular complexity index is 783. The van der Waals surface area contributed by atoms with Crippen molar-refractivity contribution in [3.63, 3.8) is 0 Å². The fourth-order valence-electron chi connectivity index (χ4n) is 1.83. The number of rotatable bonds is 5. The Kier molecular flexibility index (Phi) is 4.02. The van der Waals surface area contributed by atoms with Gasteiger partial charge in [0, 0.05) is 25.0 Å². The summed E-state index contributed by atoms with van der Waals surface area (Å²) < 4.78 is 43.8. The van der Waals surface area contributed by atoms with E-state index >= 15 is 0 Å². The summed E-state index contributed by atoms with van der Waals surface area (Å²) >= 11 is 0. The van der Waals surface area contributed by atoms with E-state index in [1.165, 1.54) is 32.2 Å². The minimum Gasteiger partial charge on any atom is -0.481 e. The van der Waals surface area contributed by atoms with Gasteiger partial charge < -0.3 is 9.52 Å². The molecule has 0 amide bonds. The first-order chi connectivity index (χ1) is 9.71. The number of aliphatic carboxylic acids is 1. The number of carbonyl (C=O) groups is 1. The lowest BCUT2D eigenvalue weighted by Crippen LogP contribution is -2.33. The number of furan rings is 1. The summed E-state index contributed by atoms with van der Waals surface area (Å²) in [6, 6.07) is 4.88. The average molecular weight is 315 g/mol. The monoisotopic (exact) mass is 315 g/mol. The van der Waals surface area contributed by atoms with Gasteiger partial charge in [-0.15, -0.1) is 0 Å². The van der Waals surface area contributed by atoms with Crippen LogP contribution in [-0.2, 0) is 14.8 Å². The normalized spacial score (nSPS) is 13.7. The third-order valence-corrected chi connectivity index (χ3v) is 4.75. The molecule has 0 spiro atoms. The highest BCUT2D eigenvalue weighted by Crippen LogP contribution is 2.25. The molecule has 8 heteroatoms. The van der Waals surface area contributed by atoms with Crippen molar-refractivity contribution in [2.75, 3.05) is 13.6 Å². The summed E-state index contributed by atoms with van der Waals surface area (Å²) in [7, 11) is -2.69. The number of benzene rings is 1. The zero-order valence-electron chi connectivity index (χ0n) is 11.4. The largest absolute Gasteiger partial charge is 0.481 e. The van der Waals surface area contributed by atoms with E-state index < -0.39 is 27.7 Å². The molecule has 1 aromatic heterocycles. The molecule has 0 bridgehead atoms. The van der Waals surface area contributed by atoms with Crippen LogP contribution in [0.5, 0.6) is 0 Å². The molecule has 0 aliphatic heterocycles. The summed E-state index contributed by atoms with van der Waals surface area (Å²) in [6.07, 6.45) is 0. The zero-order valence-corrected chi connectivity index (χ0v) is 12.2. The van der Waals surface area contributed by atoms with E-state index in [1.54, 1.807) is 0 Å². The van der Waals surface area contributed by atoms with Crippen molar-refractivity contribution in [2.24, 2.45) is 5.92 Å². The second kappa shape index (κ2) is 5.45. The number of halogens is 1. The number of carboxylic acid groups (broad SMARTS) is 1. The van der Waals surface area contributed by atoms with Gasteiger partial charge in [-0.3, -0.25) is 4.79 Å². The van der Waals surface area contributed by atoms with Gasteiger partial charge in [0.05, 0.1) is 5.92 Å². The molecule has 21 heavy (non-hydrogen) atoms. The van der Waals surface area contributed by atoms with Crippen LogP contribution in [0.2, 0.25) is 0 Å². The van der Waals surface area contributed by atoms with E-state index in [9.17, 15) is 17.6 Å². The Balaban J connectivity index is 2.34. The molecule has 0 radical (unpaired) electrons. The van der Waals surface area contributed by atoms with Gasteiger partial charge in [-0.25, -0.2) is 12.8 Å². The van der Waals surface area contributed by atoms with Crippen LogP contribution in [0.1, 0.15) is 6.92 Å². The highest BCUT2D eigenvalue weighted by atomic mass is 32.2. The maximum absolute atomic E-state index is 13.1. The zero-order chi connectivity index (χ0) is 15.8. The van der Waals surface area contributed by atoms with Gasteiger partial charge in [0.1, 0.15) is 11.4 Å². The fourth-order valence-corrected chi connectivity index (χ4v) is 3.03. The SMILES string of the molecule is CC(CN(C)S(=O)(=O)c1cc2cc(F)ccc2o1)C(=O)O. The summed E-state index contributed by atoms with van der Waals surface area (Å²) in [5.41, 5.74) is 0.245. The van der Waals surface area contributed by atoms with Crippen molar-refractivity contribution in [3.8, 4) is 0 Å². The molecule has 1 aromatic carbocycles. The Morgan fingerprint density at radius 2 is 2.10 bits per heavy atom. The van der Waals surface area contributed by atoms with Gasteiger partial charge in [-0.1, -0.05) is 6.92 Å². The number of hydrogen-bond donors (Lipinski definition) is 1. The molecule has 1 N–H and O–H groups in total. The van der Waals surface area contributed by atoms with Crippen LogP contribution in [0.3, 0.4) is 0 Å². The molecule has 0 saturated heterocycles. The van der Waals surface area contributed by atoms with Crippen molar-refractivity contribution in [1.82, 2.24) is 4.31 Å². The maximum Gasteiger partial charge on any atom is 0.307 e. The van der Waals surface area contributed by atoms with Crippen LogP contribution in [-0.4, -0.2) is 37.4 Å². The topological polar surface area (TPSA) is 87.8 Å². The number of fused-ring (bicyclic) bond motifs is 1. The Hall–Kier alpha value is -1.93. The summed E-state index contributed by atoms with van der Waals surface area (Å²) in [5, 5.41) is 8.81. The maximum atomic E-state index is 13.1. The molecule has 2 aromatic rings. The van der Waals surface area contributed by atoms with E-state index in [-0.39, 0.29) is 17.2 Å². The van der Waals surface area contributed by atoms with Gasteiger partial charge in [-0.2, -0.15) is 4.31 Å². The number of nitrogens with zero attached hydrogens (tertiary/aromatic N) is 1. The second-order valence-corrected chi connectivity index (χ2v) is 6.75. The lowest BCUT2D eigenvalue weighted by atomic mass is 10.2. The highest BCUT2D eigenvalue weighted by molar-refractivity contribution is 7.89.